The number of carbonyl (C=O) groups excluding carboxylic acids is 1. The van der Waals surface area contributed by atoms with Gasteiger partial charge in [0.2, 0.25) is 0 Å². The average Bonchev–Trinajstić information content (AvgIpc) is 2.93. The van der Waals surface area contributed by atoms with E-state index in [0.29, 0.717) is 0 Å². The van der Waals surface area contributed by atoms with E-state index >= 15 is 0 Å². The monoisotopic (exact) mass is 308 g/mol. The van der Waals surface area contributed by atoms with Crippen LogP contribution in [0.3, 0.4) is 0 Å². The van der Waals surface area contributed by atoms with Gasteiger partial charge in [0, 0.05) is 26.6 Å². The summed E-state index contributed by atoms with van der Waals surface area (Å²) in [6.45, 7) is 6.56. The van der Waals surface area contributed by atoms with Crippen molar-refractivity contribution < 1.29 is 9.53 Å². The highest BCUT2D eigenvalue weighted by Gasteiger charge is 2.44. The van der Waals surface area contributed by atoms with Gasteiger partial charge in [-0.05, 0) is 49.7 Å². The Balaban J connectivity index is 1.47. The number of likely N-dealkylation sites (N-methyl/N-ethyl adjacent to an activating group) is 1. The number of tetrazole rings is 1. The first kappa shape index (κ1) is 15.2. The van der Waals surface area contributed by atoms with Crippen LogP contribution >= 0.6 is 0 Å². The quantitative estimate of drug-likeness (QED) is 0.814. The van der Waals surface area contributed by atoms with E-state index in [2.05, 4.69) is 20.4 Å². The molecule has 1 aromatic rings. The van der Waals surface area contributed by atoms with Crippen LogP contribution in [0.5, 0.6) is 0 Å². The van der Waals surface area contributed by atoms with Crippen molar-refractivity contribution in [2.24, 2.45) is 0 Å². The summed E-state index contributed by atoms with van der Waals surface area (Å²) in [5.74, 6) is 0.857. The van der Waals surface area contributed by atoms with Gasteiger partial charge < -0.3 is 14.5 Å². The normalized spacial score (nSPS) is 26.5. The van der Waals surface area contributed by atoms with E-state index < -0.39 is 0 Å². The van der Waals surface area contributed by atoms with Gasteiger partial charge in [-0.1, -0.05) is 0 Å². The number of aryl methyl sites for hydroxylation is 2. The van der Waals surface area contributed by atoms with E-state index in [1.54, 1.807) is 4.90 Å². The van der Waals surface area contributed by atoms with Crippen molar-refractivity contribution in [2.75, 3.05) is 33.2 Å². The zero-order valence-corrected chi connectivity index (χ0v) is 13.4. The van der Waals surface area contributed by atoms with E-state index in [-0.39, 0.29) is 11.7 Å². The molecule has 0 bridgehead atoms. The van der Waals surface area contributed by atoms with Gasteiger partial charge >= 0.3 is 6.09 Å². The second-order valence-electron chi connectivity index (χ2n) is 6.41. The molecule has 1 atom stereocenters. The largest absolute Gasteiger partial charge is 0.441 e. The second kappa shape index (κ2) is 6.20. The molecule has 0 N–H and O–H groups in total. The van der Waals surface area contributed by atoms with E-state index in [9.17, 15) is 4.79 Å². The Labute approximate surface area is 130 Å². The molecule has 0 saturated carbocycles. The molecule has 122 valence electrons. The van der Waals surface area contributed by atoms with Crippen LogP contribution in [-0.4, -0.2) is 74.9 Å². The first-order valence-electron chi connectivity index (χ1n) is 7.97. The third-order valence-electron chi connectivity index (χ3n) is 4.69. The SMILES string of the molecule is Cc1nnnn1CCCN1CCC[C@@]2(CC1)CN(C)C(=O)O2. The summed E-state index contributed by atoms with van der Waals surface area (Å²) >= 11 is 0. The molecule has 1 spiro atoms. The van der Waals surface area contributed by atoms with E-state index in [0.717, 1.165) is 64.2 Å². The van der Waals surface area contributed by atoms with Crippen molar-refractivity contribution in [3.05, 3.63) is 5.82 Å². The predicted molar refractivity (Wildman–Crippen MR) is 79.3 cm³/mol. The number of ether oxygens (including phenoxy) is 1. The molecule has 8 nitrogen and oxygen atoms in total. The van der Waals surface area contributed by atoms with Gasteiger partial charge in [-0.15, -0.1) is 5.10 Å². The van der Waals surface area contributed by atoms with Crippen LogP contribution < -0.4 is 0 Å². The number of amides is 1. The summed E-state index contributed by atoms with van der Waals surface area (Å²) in [7, 11) is 1.81. The third kappa shape index (κ3) is 3.21. The number of likely N-dealkylation sites (tertiary alicyclic amines) is 1. The van der Waals surface area contributed by atoms with Crippen molar-refractivity contribution in [1.29, 1.82) is 0 Å². The highest BCUT2D eigenvalue weighted by molar-refractivity contribution is 5.70. The smallest absolute Gasteiger partial charge is 0.410 e. The Hall–Kier alpha value is -1.70. The number of hydrogen-bond donors (Lipinski definition) is 0. The zero-order chi connectivity index (χ0) is 15.6. The van der Waals surface area contributed by atoms with Gasteiger partial charge in [-0.2, -0.15) is 0 Å². The van der Waals surface area contributed by atoms with Crippen LogP contribution in [0, 0.1) is 6.92 Å². The molecular formula is C14H24N6O2. The van der Waals surface area contributed by atoms with Gasteiger partial charge in [0.25, 0.3) is 0 Å². The Morgan fingerprint density at radius 2 is 2.14 bits per heavy atom. The lowest BCUT2D eigenvalue weighted by Gasteiger charge is -2.25. The van der Waals surface area contributed by atoms with Crippen molar-refractivity contribution in [3.63, 3.8) is 0 Å². The first-order chi connectivity index (χ1) is 10.6. The summed E-state index contributed by atoms with van der Waals surface area (Å²) in [5, 5.41) is 11.5. The molecule has 2 fully saturated rings. The molecule has 0 aromatic carbocycles. The predicted octanol–water partition coefficient (Wildman–Crippen LogP) is 0.678. The van der Waals surface area contributed by atoms with Crippen LogP contribution in [0.4, 0.5) is 4.79 Å². The summed E-state index contributed by atoms with van der Waals surface area (Å²) in [6.07, 6.45) is 3.81. The number of hydrogen-bond acceptors (Lipinski definition) is 6. The summed E-state index contributed by atoms with van der Waals surface area (Å²) in [5.41, 5.74) is -0.257. The molecule has 0 unspecified atom stereocenters. The van der Waals surface area contributed by atoms with Gasteiger partial charge in [-0.3, -0.25) is 0 Å². The molecule has 22 heavy (non-hydrogen) atoms. The Morgan fingerprint density at radius 1 is 1.27 bits per heavy atom. The maximum Gasteiger partial charge on any atom is 0.410 e. The van der Waals surface area contributed by atoms with E-state index in [4.69, 9.17) is 4.74 Å². The lowest BCUT2D eigenvalue weighted by atomic mass is 9.95. The van der Waals surface area contributed by atoms with Crippen molar-refractivity contribution in [3.8, 4) is 0 Å². The van der Waals surface area contributed by atoms with Crippen LogP contribution in [0.15, 0.2) is 0 Å². The molecule has 2 aliphatic heterocycles. The standard InChI is InChI=1S/C14H24N6O2/c1-12-15-16-17-20(12)9-4-8-19-7-3-5-14(6-10-19)11-18(2)13(21)22-14/h3-11H2,1-2H3/t14-/m1/s1. The molecule has 0 aliphatic carbocycles. The fraction of sp³-hybridized carbons (Fsp3) is 0.857. The maximum absolute atomic E-state index is 11.6. The lowest BCUT2D eigenvalue weighted by Crippen LogP contribution is -2.35. The van der Waals surface area contributed by atoms with Crippen LogP contribution in [0.25, 0.3) is 0 Å². The topological polar surface area (TPSA) is 76.4 Å². The average molecular weight is 308 g/mol. The fourth-order valence-corrected chi connectivity index (χ4v) is 3.40. The fourth-order valence-electron chi connectivity index (χ4n) is 3.40. The first-order valence-corrected chi connectivity index (χ1v) is 7.97. The van der Waals surface area contributed by atoms with Crippen molar-refractivity contribution in [2.45, 2.75) is 44.8 Å². The van der Waals surface area contributed by atoms with Gasteiger partial charge in [0.15, 0.2) is 0 Å². The summed E-state index contributed by atoms with van der Waals surface area (Å²) in [6, 6.07) is 0. The zero-order valence-electron chi connectivity index (χ0n) is 13.4. The minimum atomic E-state index is -0.257. The van der Waals surface area contributed by atoms with E-state index in [1.165, 1.54) is 0 Å². The maximum atomic E-state index is 11.6. The molecule has 3 heterocycles. The Kier molecular flexibility index (Phi) is 4.28. The van der Waals surface area contributed by atoms with Crippen molar-refractivity contribution in [1.82, 2.24) is 30.0 Å². The Morgan fingerprint density at radius 3 is 2.82 bits per heavy atom. The number of carbonyl (C=O) groups is 1. The molecule has 2 saturated heterocycles. The molecule has 0 radical (unpaired) electrons. The molecule has 3 rings (SSSR count). The summed E-state index contributed by atoms with van der Waals surface area (Å²) in [4.78, 5) is 15.8. The number of nitrogens with zero attached hydrogens (tertiary/aromatic N) is 6. The summed E-state index contributed by atoms with van der Waals surface area (Å²) < 4.78 is 7.48. The molecule has 8 heteroatoms. The Bertz CT molecular complexity index is 533. The third-order valence-corrected chi connectivity index (χ3v) is 4.69. The van der Waals surface area contributed by atoms with E-state index in [1.807, 2.05) is 18.7 Å². The lowest BCUT2D eigenvalue weighted by molar-refractivity contribution is 0.0444. The minimum absolute atomic E-state index is 0.178. The van der Waals surface area contributed by atoms with Crippen LogP contribution in [-0.2, 0) is 11.3 Å². The molecule has 1 aromatic heterocycles. The molecular weight excluding hydrogens is 284 g/mol. The van der Waals surface area contributed by atoms with Crippen LogP contribution in [0.2, 0.25) is 0 Å². The number of aromatic nitrogens is 4. The van der Waals surface area contributed by atoms with Gasteiger partial charge in [0.1, 0.15) is 11.4 Å². The van der Waals surface area contributed by atoms with Crippen LogP contribution in [0.1, 0.15) is 31.5 Å². The molecule has 1 amide bonds. The van der Waals surface area contributed by atoms with Gasteiger partial charge in [-0.25, -0.2) is 9.48 Å². The number of rotatable bonds is 4. The highest BCUT2D eigenvalue weighted by Crippen LogP contribution is 2.32. The second-order valence-corrected chi connectivity index (χ2v) is 6.41. The molecule has 2 aliphatic rings. The highest BCUT2D eigenvalue weighted by atomic mass is 16.6. The van der Waals surface area contributed by atoms with Gasteiger partial charge in [0.05, 0.1) is 6.54 Å². The van der Waals surface area contributed by atoms with Crippen molar-refractivity contribution >= 4 is 6.09 Å². The minimum Gasteiger partial charge on any atom is -0.441 e.